The van der Waals surface area contributed by atoms with Crippen molar-refractivity contribution in [3.63, 3.8) is 0 Å². The predicted octanol–water partition coefficient (Wildman–Crippen LogP) is 1.50. The van der Waals surface area contributed by atoms with Crippen molar-refractivity contribution in [2.24, 2.45) is 0 Å². The molecule has 2 nitrogen and oxygen atoms in total. The number of phenols is 1. The lowest BCUT2D eigenvalue weighted by molar-refractivity contribution is 0.472. The summed E-state index contributed by atoms with van der Waals surface area (Å²) in [6.45, 7) is 0. The first-order valence-electron chi connectivity index (χ1n) is 2.60. The lowest BCUT2D eigenvalue weighted by atomic mass is 10.2. The molecule has 1 radical (unpaired) electrons. The van der Waals surface area contributed by atoms with Gasteiger partial charge in [-0.05, 0) is 18.2 Å². The number of benzene rings is 1. The van der Waals surface area contributed by atoms with E-state index in [9.17, 15) is 4.79 Å². The highest BCUT2D eigenvalue weighted by molar-refractivity contribution is 6.30. The summed E-state index contributed by atoms with van der Waals surface area (Å²) in [6.07, 6.45) is 1.56. The van der Waals surface area contributed by atoms with E-state index in [0.717, 1.165) is 0 Å². The van der Waals surface area contributed by atoms with E-state index in [2.05, 4.69) is 0 Å². The van der Waals surface area contributed by atoms with Gasteiger partial charge in [-0.3, -0.25) is 4.79 Å². The van der Waals surface area contributed by atoms with Crippen molar-refractivity contribution >= 4 is 17.9 Å². The highest BCUT2D eigenvalue weighted by Crippen LogP contribution is 2.19. The Kier molecular flexibility index (Phi) is 1.92. The Labute approximate surface area is 63.1 Å². The average Bonchev–Trinajstić information content (AvgIpc) is 1.88. The van der Waals surface area contributed by atoms with Crippen molar-refractivity contribution in [2.75, 3.05) is 0 Å². The Bertz CT molecular complexity index is 258. The third kappa shape index (κ3) is 1.28. The molecule has 0 atom stereocenters. The molecule has 0 spiro atoms. The van der Waals surface area contributed by atoms with E-state index in [1.54, 1.807) is 6.29 Å². The van der Waals surface area contributed by atoms with Gasteiger partial charge >= 0.3 is 0 Å². The number of phenolic OH excluding ortho intramolecular Hbond substituents is 1. The van der Waals surface area contributed by atoms with E-state index >= 15 is 0 Å². The lowest BCUT2D eigenvalue weighted by Crippen LogP contribution is -1.79. The standard InChI is InChI=1S/C7H4ClO2/c8-6-2-1-5(4-9)7(10)3-6/h1-3,10H. The fraction of sp³-hybridized carbons (Fsp3) is 0. The molecule has 0 aliphatic carbocycles. The Hall–Kier alpha value is -1.02. The minimum absolute atomic E-state index is 0.129. The number of halogens is 1. The minimum atomic E-state index is -0.137. The van der Waals surface area contributed by atoms with Crippen LogP contribution in [-0.2, 0) is 4.79 Å². The third-order valence-corrected chi connectivity index (χ3v) is 1.30. The number of hydrogen-bond donors (Lipinski definition) is 1. The fourth-order valence-electron chi connectivity index (χ4n) is 0.591. The van der Waals surface area contributed by atoms with Crippen LogP contribution in [0.3, 0.4) is 0 Å². The Morgan fingerprint density at radius 1 is 1.50 bits per heavy atom. The van der Waals surface area contributed by atoms with Crippen LogP contribution in [-0.4, -0.2) is 11.4 Å². The molecule has 1 rings (SSSR count). The van der Waals surface area contributed by atoms with Gasteiger partial charge in [-0.1, -0.05) is 11.6 Å². The molecule has 1 N–H and O–H groups in total. The molecule has 0 fully saturated rings. The zero-order valence-corrected chi connectivity index (χ0v) is 5.72. The quantitative estimate of drug-likeness (QED) is 0.668. The van der Waals surface area contributed by atoms with E-state index in [1.165, 1.54) is 18.2 Å². The van der Waals surface area contributed by atoms with E-state index < -0.39 is 0 Å². The van der Waals surface area contributed by atoms with Gasteiger partial charge < -0.3 is 5.11 Å². The molecule has 51 valence electrons. The summed E-state index contributed by atoms with van der Waals surface area (Å²) in [4.78, 5) is 10.0. The number of carbonyl (C=O) groups excluding carboxylic acids is 1. The average molecular weight is 156 g/mol. The number of aromatic hydroxyl groups is 1. The van der Waals surface area contributed by atoms with Gasteiger partial charge in [-0.2, -0.15) is 0 Å². The van der Waals surface area contributed by atoms with Crippen molar-refractivity contribution in [1.82, 2.24) is 0 Å². The summed E-state index contributed by atoms with van der Waals surface area (Å²) in [6, 6.07) is 4.22. The molecule has 0 saturated heterocycles. The van der Waals surface area contributed by atoms with Gasteiger partial charge in [0.1, 0.15) is 5.75 Å². The lowest BCUT2D eigenvalue weighted by Gasteiger charge is -1.94. The first-order valence-corrected chi connectivity index (χ1v) is 2.98. The van der Waals surface area contributed by atoms with E-state index in [1.807, 2.05) is 0 Å². The summed E-state index contributed by atoms with van der Waals surface area (Å²) >= 11 is 5.48. The molecule has 0 heterocycles. The molecule has 0 aliphatic heterocycles. The molecule has 10 heavy (non-hydrogen) atoms. The minimum Gasteiger partial charge on any atom is -0.507 e. The predicted molar refractivity (Wildman–Crippen MR) is 37.9 cm³/mol. The largest absolute Gasteiger partial charge is 0.507 e. The van der Waals surface area contributed by atoms with Gasteiger partial charge in [-0.15, -0.1) is 0 Å². The van der Waals surface area contributed by atoms with Crippen LogP contribution in [0.1, 0.15) is 5.56 Å². The maximum atomic E-state index is 10.0. The molecule has 0 bridgehead atoms. The van der Waals surface area contributed by atoms with Crippen molar-refractivity contribution in [1.29, 1.82) is 0 Å². The van der Waals surface area contributed by atoms with Crippen LogP contribution in [0.15, 0.2) is 18.2 Å². The van der Waals surface area contributed by atoms with Crippen LogP contribution >= 0.6 is 11.6 Å². The Morgan fingerprint density at radius 2 is 2.20 bits per heavy atom. The molecule has 3 heteroatoms. The number of hydrogen-bond acceptors (Lipinski definition) is 2. The molecule has 1 aromatic rings. The smallest absolute Gasteiger partial charge is 0.237 e. The Morgan fingerprint density at radius 3 is 2.70 bits per heavy atom. The first-order chi connectivity index (χ1) is 4.74. The number of rotatable bonds is 1. The van der Waals surface area contributed by atoms with E-state index in [-0.39, 0.29) is 11.3 Å². The van der Waals surface area contributed by atoms with Gasteiger partial charge in [0.25, 0.3) is 0 Å². The maximum Gasteiger partial charge on any atom is 0.237 e. The molecule has 0 unspecified atom stereocenters. The second-order valence-corrected chi connectivity index (χ2v) is 2.20. The van der Waals surface area contributed by atoms with E-state index in [4.69, 9.17) is 16.7 Å². The highest BCUT2D eigenvalue weighted by atomic mass is 35.5. The van der Waals surface area contributed by atoms with Crippen LogP contribution in [0, 0.1) is 0 Å². The second-order valence-electron chi connectivity index (χ2n) is 1.76. The summed E-state index contributed by atoms with van der Waals surface area (Å²) in [5, 5.41) is 9.34. The zero-order valence-electron chi connectivity index (χ0n) is 4.97. The molecule has 0 amide bonds. The van der Waals surface area contributed by atoms with Crippen LogP contribution in [0.2, 0.25) is 5.02 Å². The maximum absolute atomic E-state index is 10.0. The molecule has 0 aliphatic rings. The molecule has 0 aromatic heterocycles. The summed E-state index contributed by atoms with van der Waals surface area (Å²) in [5.41, 5.74) is 0.129. The van der Waals surface area contributed by atoms with Gasteiger partial charge in [0.05, 0.1) is 5.56 Å². The molecule has 1 aromatic carbocycles. The first kappa shape index (κ1) is 7.09. The van der Waals surface area contributed by atoms with Crippen LogP contribution in [0.4, 0.5) is 0 Å². The van der Waals surface area contributed by atoms with Crippen molar-refractivity contribution < 1.29 is 9.90 Å². The molecular weight excluding hydrogens is 152 g/mol. The molecular formula is C7H4ClO2. The zero-order chi connectivity index (χ0) is 7.56. The van der Waals surface area contributed by atoms with Crippen molar-refractivity contribution in [2.45, 2.75) is 0 Å². The van der Waals surface area contributed by atoms with Crippen LogP contribution < -0.4 is 0 Å². The fourth-order valence-corrected chi connectivity index (χ4v) is 0.757. The summed E-state index contributed by atoms with van der Waals surface area (Å²) in [5.74, 6) is -0.137. The Balaban J connectivity index is 3.19. The van der Waals surface area contributed by atoms with Crippen molar-refractivity contribution in [3.8, 4) is 5.75 Å². The summed E-state index contributed by atoms with van der Waals surface area (Å²) < 4.78 is 0. The molecule has 0 saturated carbocycles. The SMILES string of the molecule is O=[C]c1ccc(Cl)cc1O. The van der Waals surface area contributed by atoms with Gasteiger partial charge in [0, 0.05) is 5.02 Å². The van der Waals surface area contributed by atoms with Gasteiger partial charge in [-0.25, -0.2) is 0 Å². The van der Waals surface area contributed by atoms with Crippen molar-refractivity contribution in [3.05, 3.63) is 28.8 Å². The monoisotopic (exact) mass is 155 g/mol. The highest BCUT2D eigenvalue weighted by Gasteiger charge is 1.99. The van der Waals surface area contributed by atoms with Gasteiger partial charge in [0.15, 0.2) is 0 Å². The van der Waals surface area contributed by atoms with Crippen LogP contribution in [0.5, 0.6) is 5.75 Å². The topological polar surface area (TPSA) is 37.3 Å². The van der Waals surface area contributed by atoms with Crippen LogP contribution in [0.25, 0.3) is 0 Å². The normalized spacial score (nSPS) is 9.30. The van der Waals surface area contributed by atoms with Gasteiger partial charge in [0.2, 0.25) is 6.29 Å². The second kappa shape index (κ2) is 2.71. The summed E-state index contributed by atoms with van der Waals surface area (Å²) in [7, 11) is 0. The third-order valence-electron chi connectivity index (χ3n) is 1.07. The van der Waals surface area contributed by atoms with E-state index in [0.29, 0.717) is 5.02 Å².